The first kappa shape index (κ1) is 7.93. The van der Waals surface area contributed by atoms with Crippen LogP contribution in [0.25, 0.3) is 0 Å². The van der Waals surface area contributed by atoms with Gasteiger partial charge in [-0.05, 0) is 44.3 Å². The van der Waals surface area contributed by atoms with Crippen LogP contribution in [0.1, 0.15) is 38.5 Å². The fourth-order valence-corrected chi connectivity index (χ4v) is 3.45. The van der Waals surface area contributed by atoms with Gasteiger partial charge in [-0.3, -0.25) is 0 Å². The van der Waals surface area contributed by atoms with Crippen LogP contribution >= 0.6 is 11.8 Å². The molecule has 0 amide bonds. The maximum absolute atomic E-state index is 9.86. The van der Waals surface area contributed by atoms with Gasteiger partial charge in [0.2, 0.25) is 0 Å². The van der Waals surface area contributed by atoms with Crippen LogP contribution in [0.4, 0.5) is 0 Å². The minimum atomic E-state index is -0.234. The van der Waals surface area contributed by atoms with E-state index in [1.165, 1.54) is 25.0 Å². The molecule has 1 aliphatic heterocycles. The fourth-order valence-electron chi connectivity index (χ4n) is 2.02. The molecule has 0 bridgehead atoms. The van der Waals surface area contributed by atoms with Crippen molar-refractivity contribution in [2.75, 3.05) is 5.75 Å². The first-order valence-corrected chi connectivity index (χ1v) is 5.67. The molecule has 1 N–H and O–H groups in total. The summed E-state index contributed by atoms with van der Waals surface area (Å²) in [4.78, 5) is 0. The highest BCUT2D eigenvalue weighted by atomic mass is 32.2. The lowest BCUT2D eigenvalue weighted by Crippen LogP contribution is -2.39. The monoisotopic (exact) mass is 172 g/mol. The van der Waals surface area contributed by atoms with Crippen LogP contribution in [0.2, 0.25) is 0 Å². The highest BCUT2D eigenvalue weighted by Gasteiger charge is 2.37. The predicted octanol–water partition coefficient (Wildman–Crippen LogP) is 2.19. The summed E-state index contributed by atoms with van der Waals surface area (Å²) < 4.78 is 0. The number of aliphatic hydroxyl groups is 1. The third kappa shape index (κ3) is 1.73. The molecular formula is C9H16OS. The van der Waals surface area contributed by atoms with Crippen LogP contribution in [-0.2, 0) is 0 Å². The van der Waals surface area contributed by atoms with Gasteiger partial charge < -0.3 is 5.11 Å². The molecule has 2 rings (SSSR count). The van der Waals surface area contributed by atoms with Gasteiger partial charge in [-0.25, -0.2) is 0 Å². The van der Waals surface area contributed by atoms with Crippen molar-refractivity contribution in [1.29, 1.82) is 0 Å². The summed E-state index contributed by atoms with van der Waals surface area (Å²) in [5.74, 6) is 1.32. The van der Waals surface area contributed by atoms with Gasteiger partial charge in [-0.1, -0.05) is 0 Å². The van der Waals surface area contributed by atoms with E-state index >= 15 is 0 Å². The molecule has 1 saturated carbocycles. The Bertz CT molecular complexity index is 136. The molecule has 1 nitrogen and oxygen atoms in total. The first-order chi connectivity index (χ1) is 5.29. The van der Waals surface area contributed by atoms with Crippen molar-refractivity contribution in [3.05, 3.63) is 0 Å². The highest BCUT2D eigenvalue weighted by Crippen LogP contribution is 2.41. The van der Waals surface area contributed by atoms with E-state index in [4.69, 9.17) is 0 Å². The Morgan fingerprint density at radius 3 is 2.64 bits per heavy atom. The third-order valence-corrected chi connectivity index (χ3v) is 4.31. The molecule has 1 aliphatic carbocycles. The molecule has 1 saturated heterocycles. The maximum Gasteiger partial charge on any atom is 0.0658 e. The van der Waals surface area contributed by atoms with E-state index in [0.29, 0.717) is 0 Å². The van der Waals surface area contributed by atoms with Crippen molar-refractivity contribution >= 4 is 11.8 Å². The minimum absolute atomic E-state index is 0.234. The van der Waals surface area contributed by atoms with Gasteiger partial charge in [-0.2, -0.15) is 11.8 Å². The average Bonchev–Trinajstić information content (AvgIpc) is 2.36. The quantitative estimate of drug-likeness (QED) is 0.689. The standard InChI is InChI=1S/C9H16OS/c10-9(4-2-5-9)7-8-3-1-6-11-8/h8,10H,1-7H2. The summed E-state index contributed by atoms with van der Waals surface area (Å²) in [5.41, 5.74) is -0.234. The van der Waals surface area contributed by atoms with Gasteiger partial charge in [0, 0.05) is 5.25 Å². The maximum atomic E-state index is 9.86. The van der Waals surface area contributed by atoms with Gasteiger partial charge in [0.1, 0.15) is 0 Å². The number of hydrogen-bond donors (Lipinski definition) is 1. The first-order valence-electron chi connectivity index (χ1n) is 4.63. The molecule has 2 heteroatoms. The second kappa shape index (κ2) is 2.98. The zero-order chi connectivity index (χ0) is 7.73. The lowest BCUT2D eigenvalue weighted by atomic mass is 9.77. The van der Waals surface area contributed by atoms with Gasteiger partial charge in [-0.15, -0.1) is 0 Å². The van der Waals surface area contributed by atoms with Gasteiger partial charge in [0.15, 0.2) is 0 Å². The van der Waals surface area contributed by atoms with Gasteiger partial charge in [0.05, 0.1) is 5.60 Å². The van der Waals surface area contributed by atoms with Crippen LogP contribution in [0.3, 0.4) is 0 Å². The normalized spacial score (nSPS) is 35.2. The molecule has 0 radical (unpaired) electrons. The van der Waals surface area contributed by atoms with Crippen molar-refractivity contribution < 1.29 is 5.11 Å². The van der Waals surface area contributed by atoms with Crippen LogP contribution < -0.4 is 0 Å². The van der Waals surface area contributed by atoms with E-state index in [0.717, 1.165) is 24.5 Å². The van der Waals surface area contributed by atoms with E-state index in [-0.39, 0.29) is 5.60 Å². The summed E-state index contributed by atoms with van der Waals surface area (Å²) >= 11 is 2.06. The van der Waals surface area contributed by atoms with Crippen molar-refractivity contribution in [3.8, 4) is 0 Å². The lowest BCUT2D eigenvalue weighted by Gasteiger charge is -2.38. The summed E-state index contributed by atoms with van der Waals surface area (Å²) in [6.07, 6.45) is 7.14. The second-order valence-electron chi connectivity index (χ2n) is 3.92. The van der Waals surface area contributed by atoms with E-state index in [2.05, 4.69) is 11.8 Å². The van der Waals surface area contributed by atoms with Crippen molar-refractivity contribution in [2.24, 2.45) is 0 Å². The third-order valence-electron chi connectivity index (χ3n) is 2.92. The molecule has 1 unspecified atom stereocenters. The van der Waals surface area contributed by atoms with E-state index in [1.807, 2.05) is 0 Å². The summed E-state index contributed by atoms with van der Waals surface area (Å²) in [6, 6.07) is 0. The number of rotatable bonds is 2. The zero-order valence-electron chi connectivity index (χ0n) is 6.88. The van der Waals surface area contributed by atoms with Gasteiger partial charge >= 0.3 is 0 Å². The largest absolute Gasteiger partial charge is 0.390 e. The number of hydrogen-bond acceptors (Lipinski definition) is 2. The molecule has 2 fully saturated rings. The van der Waals surface area contributed by atoms with Gasteiger partial charge in [0.25, 0.3) is 0 Å². The molecule has 2 aliphatic rings. The Morgan fingerprint density at radius 2 is 2.18 bits per heavy atom. The van der Waals surface area contributed by atoms with Crippen LogP contribution in [-0.4, -0.2) is 21.7 Å². The van der Waals surface area contributed by atoms with Crippen molar-refractivity contribution in [3.63, 3.8) is 0 Å². The Hall–Kier alpha value is 0.310. The molecule has 64 valence electrons. The number of thioether (sulfide) groups is 1. The molecule has 1 heterocycles. The molecule has 0 spiro atoms. The fraction of sp³-hybridized carbons (Fsp3) is 1.00. The highest BCUT2D eigenvalue weighted by molar-refractivity contribution is 8.00. The smallest absolute Gasteiger partial charge is 0.0658 e. The Balaban J connectivity index is 1.79. The Labute approximate surface area is 72.6 Å². The molecule has 0 aromatic carbocycles. The van der Waals surface area contributed by atoms with Crippen LogP contribution in [0.5, 0.6) is 0 Å². The molecule has 0 aromatic heterocycles. The molecule has 0 aromatic rings. The van der Waals surface area contributed by atoms with Crippen LogP contribution in [0.15, 0.2) is 0 Å². The predicted molar refractivity (Wildman–Crippen MR) is 48.9 cm³/mol. The van der Waals surface area contributed by atoms with E-state index in [9.17, 15) is 5.11 Å². The summed E-state index contributed by atoms with van der Waals surface area (Å²) in [5, 5.41) is 10.6. The zero-order valence-corrected chi connectivity index (χ0v) is 7.70. The van der Waals surface area contributed by atoms with E-state index < -0.39 is 0 Å². The van der Waals surface area contributed by atoms with Crippen LogP contribution in [0, 0.1) is 0 Å². The summed E-state index contributed by atoms with van der Waals surface area (Å²) in [7, 11) is 0. The second-order valence-corrected chi connectivity index (χ2v) is 5.33. The van der Waals surface area contributed by atoms with E-state index in [1.54, 1.807) is 0 Å². The lowest BCUT2D eigenvalue weighted by molar-refractivity contribution is -0.0402. The Morgan fingerprint density at radius 1 is 1.36 bits per heavy atom. The molecule has 1 atom stereocenters. The average molecular weight is 172 g/mol. The SMILES string of the molecule is OC1(CC2CCCS2)CCC1. The topological polar surface area (TPSA) is 20.2 Å². The van der Waals surface area contributed by atoms with Crippen molar-refractivity contribution in [2.45, 2.75) is 49.4 Å². The summed E-state index contributed by atoms with van der Waals surface area (Å²) in [6.45, 7) is 0. The van der Waals surface area contributed by atoms with Crippen molar-refractivity contribution in [1.82, 2.24) is 0 Å². The minimum Gasteiger partial charge on any atom is -0.390 e. The molecular weight excluding hydrogens is 156 g/mol. The Kier molecular flexibility index (Phi) is 2.15. The molecule has 11 heavy (non-hydrogen) atoms.